The zero-order chi connectivity index (χ0) is 8.20. The van der Waals surface area contributed by atoms with Gasteiger partial charge in [0.15, 0.2) is 0 Å². The van der Waals surface area contributed by atoms with Gasteiger partial charge in [0.25, 0.3) is 0 Å². The van der Waals surface area contributed by atoms with E-state index in [0.717, 1.165) is 0 Å². The summed E-state index contributed by atoms with van der Waals surface area (Å²) in [7, 11) is 1.39. The first-order valence-electron chi connectivity index (χ1n) is 3.23. The molecule has 0 fully saturated rings. The summed E-state index contributed by atoms with van der Waals surface area (Å²) < 4.78 is 6.48. The van der Waals surface area contributed by atoms with Gasteiger partial charge in [-0.15, -0.1) is 0 Å². The van der Waals surface area contributed by atoms with Crippen LogP contribution in [0.25, 0.3) is 0 Å². The molecule has 0 heterocycles. The summed E-state index contributed by atoms with van der Waals surface area (Å²) in [5.74, 6) is -0.244. The van der Waals surface area contributed by atoms with Gasteiger partial charge >= 0.3 is 66.0 Å². The van der Waals surface area contributed by atoms with Crippen molar-refractivity contribution in [2.24, 2.45) is 0 Å². The summed E-state index contributed by atoms with van der Waals surface area (Å²) in [6, 6.07) is 0. The SMILES string of the molecule is COC(=O)/C=[CH]\[Sn]([CH3])([CH3])[CH3]. The number of ether oxygens (including phenoxy) is 1. The molecular formula is C7H14O2Sn. The molecule has 58 valence electrons. The molecule has 0 spiro atoms. The first kappa shape index (κ1) is 10.0. The molecule has 0 radical (unpaired) electrons. The van der Waals surface area contributed by atoms with Gasteiger partial charge in [0.1, 0.15) is 0 Å². The van der Waals surface area contributed by atoms with Crippen LogP contribution in [0.5, 0.6) is 0 Å². The molecule has 0 N–H and O–H groups in total. The van der Waals surface area contributed by atoms with E-state index in [1.165, 1.54) is 13.2 Å². The average molecular weight is 249 g/mol. The second kappa shape index (κ2) is 4.01. The van der Waals surface area contributed by atoms with Gasteiger partial charge in [-0.1, -0.05) is 0 Å². The van der Waals surface area contributed by atoms with Gasteiger partial charge in [-0.3, -0.25) is 0 Å². The fraction of sp³-hybridized carbons (Fsp3) is 0.571. The second-order valence-electron chi connectivity index (χ2n) is 3.22. The summed E-state index contributed by atoms with van der Waals surface area (Å²) in [6.07, 6.45) is 1.54. The van der Waals surface area contributed by atoms with Crippen LogP contribution in [0.4, 0.5) is 0 Å². The van der Waals surface area contributed by atoms with E-state index in [1.807, 2.05) is 4.09 Å². The summed E-state index contributed by atoms with van der Waals surface area (Å²) in [6.45, 7) is 0. The molecule has 0 aromatic rings. The number of hydrogen-bond donors (Lipinski definition) is 0. The van der Waals surface area contributed by atoms with Crippen LogP contribution in [-0.4, -0.2) is 31.5 Å². The van der Waals surface area contributed by atoms with E-state index in [2.05, 4.69) is 19.6 Å². The Balaban J connectivity index is 3.88. The minimum absolute atomic E-state index is 0.244. The Bertz CT molecular complexity index is 144. The average Bonchev–Trinajstić information content (AvgIpc) is 1.81. The maximum absolute atomic E-state index is 10.6. The van der Waals surface area contributed by atoms with Crippen molar-refractivity contribution < 1.29 is 9.53 Å². The Hall–Kier alpha value is 0.00870. The van der Waals surface area contributed by atoms with E-state index >= 15 is 0 Å². The normalized spacial score (nSPS) is 12.0. The van der Waals surface area contributed by atoms with Gasteiger partial charge in [-0.05, 0) is 0 Å². The molecule has 10 heavy (non-hydrogen) atoms. The molecule has 0 amide bonds. The fourth-order valence-electron chi connectivity index (χ4n) is 0.386. The van der Waals surface area contributed by atoms with E-state index in [0.29, 0.717) is 0 Å². The number of rotatable bonds is 2. The van der Waals surface area contributed by atoms with Crippen molar-refractivity contribution in [2.45, 2.75) is 14.8 Å². The summed E-state index contributed by atoms with van der Waals surface area (Å²) in [4.78, 5) is 17.3. The Kier molecular flexibility index (Phi) is 4.01. The number of hydrogen-bond acceptors (Lipinski definition) is 2. The van der Waals surface area contributed by atoms with Crippen molar-refractivity contribution in [3.8, 4) is 0 Å². The molecule has 0 aromatic carbocycles. The quantitative estimate of drug-likeness (QED) is 0.422. The van der Waals surface area contributed by atoms with Gasteiger partial charge in [0.2, 0.25) is 0 Å². The van der Waals surface area contributed by atoms with Crippen LogP contribution in [0.2, 0.25) is 14.8 Å². The molecule has 2 nitrogen and oxygen atoms in total. The number of esters is 1. The zero-order valence-corrected chi connectivity index (χ0v) is 9.83. The van der Waals surface area contributed by atoms with E-state index in [9.17, 15) is 4.79 Å². The first-order chi connectivity index (χ1) is 4.45. The third-order valence-electron chi connectivity index (χ3n) is 0.921. The molecule has 0 aliphatic heterocycles. The van der Waals surface area contributed by atoms with Gasteiger partial charge in [0.05, 0.1) is 0 Å². The predicted octanol–water partition coefficient (Wildman–Crippen LogP) is 1.59. The molecule has 0 unspecified atom stereocenters. The molecule has 0 rings (SSSR count). The van der Waals surface area contributed by atoms with Crippen LogP contribution in [-0.2, 0) is 9.53 Å². The van der Waals surface area contributed by atoms with Crippen LogP contribution in [0.3, 0.4) is 0 Å². The Labute approximate surface area is 66.1 Å². The maximum atomic E-state index is 10.6. The molecule has 0 saturated heterocycles. The van der Waals surface area contributed by atoms with E-state index in [-0.39, 0.29) is 5.97 Å². The van der Waals surface area contributed by atoms with E-state index < -0.39 is 18.4 Å². The van der Waals surface area contributed by atoms with Crippen LogP contribution >= 0.6 is 0 Å². The summed E-state index contributed by atoms with van der Waals surface area (Å²) in [5, 5.41) is 0. The van der Waals surface area contributed by atoms with Crippen LogP contribution in [0, 0.1) is 0 Å². The zero-order valence-electron chi connectivity index (χ0n) is 6.97. The van der Waals surface area contributed by atoms with Crippen molar-refractivity contribution >= 4 is 24.3 Å². The molecule has 0 aliphatic carbocycles. The van der Waals surface area contributed by atoms with Crippen LogP contribution < -0.4 is 0 Å². The van der Waals surface area contributed by atoms with Crippen molar-refractivity contribution in [1.29, 1.82) is 0 Å². The van der Waals surface area contributed by atoms with Crippen molar-refractivity contribution in [1.82, 2.24) is 0 Å². The van der Waals surface area contributed by atoms with Crippen molar-refractivity contribution in [3.05, 3.63) is 10.2 Å². The number of carbonyl (C=O) groups is 1. The molecule has 0 atom stereocenters. The van der Waals surface area contributed by atoms with Gasteiger partial charge in [0, 0.05) is 0 Å². The topological polar surface area (TPSA) is 26.3 Å². The standard InChI is InChI=1S/C4H5O2.3CH3.Sn/c1-3-4(5)6-2;;;;/h1,3H,2H3;3*1H3;. The van der Waals surface area contributed by atoms with Crippen LogP contribution in [0.1, 0.15) is 0 Å². The summed E-state index contributed by atoms with van der Waals surface area (Å²) >= 11 is -1.87. The van der Waals surface area contributed by atoms with Crippen LogP contribution in [0.15, 0.2) is 10.2 Å². The molecule has 0 aromatic heterocycles. The number of carbonyl (C=O) groups excluding carboxylic acids is 1. The van der Waals surface area contributed by atoms with Gasteiger partial charge in [-0.25, -0.2) is 0 Å². The molecular weight excluding hydrogens is 235 g/mol. The Morgan fingerprint density at radius 1 is 1.40 bits per heavy atom. The predicted molar refractivity (Wildman–Crippen MR) is 44.5 cm³/mol. The van der Waals surface area contributed by atoms with E-state index in [4.69, 9.17) is 0 Å². The third kappa shape index (κ3) is 6.13. The van der Waals surface area contributed by atoms with E-state index in [1.54, 1.807) is 0 Å². The Morgan fingerprint density at radius 2 is 1.90 bits per heavy atom. The Morgan fingerprint density at radius 3 is 2.20 bits per heavy atom. The third-order valence-corrected chi connectivity index (χ3v) is 4.25. The first-order valence-corrected chi connectivity index (χ1v) is 13.4. The van der Waals surface area contributed by atoms with Gasteiger partial charge < -0.3 is 0 Å². The molecule has 0 aliphatic rings. The monoisotopic (exact) mass is 250 g/mol. The summed E-state index contributed by atoms with van der Waals surface area (Å²) in [5.41, 5.74) is 0. The van der Waals surface area contributed by atoms with Gasteiger partial charge in [-0.2, -0.15) is 0 Å². The fourth-order valence-corrected chi connectivity index (χ4v) is 2.20. The minimum atomic E-state index is -1.87. The molecule has 3 heteroatoms. The molecule has 0 saturated carbocycles. The van der Waals surface area contributed by atoms with Crippen molar-refractivity contribution in [2.75, 3.05) is 7.11 Å². The van der Waals surface area contributed by atoms with Crippen molar-refractivity contribution in [3.63, 3.8) is 0 Å². The second-order valence-corrected chi connectivity index (χ2v) is 17.7. The molecule has 0 bridgehead atoms. The number of methoxy groups -OCH3 is 1.